The van der Waals surface area contributed by atoms with Gasteiger partial charge in [0.15, 0.2) is 11.6 Å². The highest BCUT2D eigenvalue weighted by atomic mass is 19.2. The summed E-state index contributed by atoms with van der Waals surface area (Å²) in [7, 11) is 1.82. The average molecular weight is 482 g/mol. The number of pyridine rings is 1. The Morgan fingerprint density at radius 1 is 1.00 bits per heavy atom. The lowest BCUT2D eigenvalue weighted by Gasteiger charge is -2.21. The zero-order valence-electron chi connectivity index (χ0n) is 19.5. The Kier molecular flexibility index (Phi) is 9.25. The first-order chi connectivity index (χ1) is 16.8. The molecule has 0 saturated heterocycles. The van der Waals surface area contributed by atoms with Crippen LogP contribution in [0.1, 0.15) is 16.7 Å². The molecule has 1 aromatic heterocycles. The van der Waals surface area contributed by atoms with E-state index in [9.17, 15) is 18.4 Å². The number of anilines is 1. The number of carbonyl (C=O) groups is 2. The van der Waals surface area contributed by atoms with Crippen molar-refractivity contribution >= 4 is 17.6 Å². The maximum absolute atomic E-state index is 13.7. The summed E-state index contributed by atoms with van der Waals surface area (Å²) in [4.78, 5) is 31.5. The van der Waals surface area contributed by atoms with Crippen LogP contribution in [0.25, 0.3) is 0 Å². The number of nitrogens with one attached hydrogen (secondary N) is 2. The third kappa shape index (κ3) is 8.46. The standard InChI is InChI=1S/C26H29F2N5O2/c1-33(12-11-18-5-3-2-4-6-18)17-25(34)32-23(14-19-7-9-21(27)22(28)13-19)26(35)31-16-20-8-10-24(29)30-15-20/h2-10,13,15,23H,11-12,14,16-17H2,1H3,(H2,29,30)(H,31,35)(H,32,34)/t23-/m0/s1. The van der Waals surface area contributed by atoms with E-state index in [1.54, 1.807) is 18.3 Å². The molecule has 3 aromatic rings. The number of carbonyl (C=O) groups excluding carboxylic acids is 2. The van der Waals surface area contributed by atoms with Gasteiger partial charge >= 0.3 is 0 Å². The van der Waals surface area contributed by atoms with Crippen molar-refractivity contribution in [2.75, 3.05) is 25.9 Å². The summed E-state index contributed by atoms with van der Waals surface area (Å²) < 4.78 is 27.0. The smallest absolute Gasteiger partial charge is 0.243 e. The number of hydrogen-bond acceptors (Lipinski definition) is 5. The van der Waals surface area contributed by atoms with Crippen molar-refractivity contribution in [2.24, 2.45) is 0 Å². The van der Waals surface area contributed by atoms with Crippen LogP contribution in [-0.4, -0.2) is 47.9 Å². The topological polar surface area (TPSA) is 100 Å². The highest BCUT2D eigenvalue weighted by molar-refractivity contribution is 5.88. The number of likely N-dealkylation sites (N-methyl/N-ethyl adjacent to an activating group) is 1. The van der Waals surface area contributed by atoms with E-state index < -0.39 is 23.6 Å². The van der Waals surface area contributed by atoms with Gasteiger partial charge in [0.25, 0.3) is 0 Å². The van der Waals surface area contributed by atoms with Gasteiger partial charge in [-0.15, -0.1) is 0 Å². The van der Waals surface area contributed by atoms with Crippen LogP contribution in [0.15, 0.2) is 66.9 Å². The number of nitrogens with two attached hydrogens (primary N) is 1. The molecule has 0 unspecified atom stereocenters. The minimum Gasteiger partial charge on any atom is -0.384 e. The van der Waals surface area contributed by atoms with Crippen LogP contribution in [0.2, 0.25) is 0 Å². The first-order valence-corrected chi connectivity index (χ1v) is 11.2. The molecule has 2 amide bonds. The number of aromatic nitrogens is 1. The highest BCUT2D eigenvalue weighted by Crippen LogP contribution is 2.11. The number of halogens is 2. The van der Waals surface area contributed by atoms with E-state index in [2.05, 4.69) is 15.6 Å². The molecule has 1 atom stereocenters. The monoisotopic (exact) mass is 481 g/mol. The molecule has 35 heavy (non-hydrogen) atoms. The van der Waals surface area contributed by atoms with E-state index in [0.29, 0.717) is 17.9 Å². The van der Waals surface area contributed by atoms with E-state index in [-0.39, 0.29) is 25.4 Å². The number of hydrogen-bond donors (Lipinski definition) is 3. The lowest BCUT2D eigenvalue weighted by molar-refractivity contribution is -0.129. The molecule has 1 heterocycles. The molecule has 0 bridgehead atoms. The van der Waals surface area contributed by atoms with Crippen LogP contribution in [0, 0.1) is 11.6 Å². The summed E-state index contributed by atoms with van der Waals surface area (Å²) in [6, 6.07) is 15.7. The minimum absolute atomic E-state index is 0.00247. The van der Waals surface area contributed by atoms with Crippen molar-refractivity contribution in [3.63, 3.8) is 0 Å². The lowest BCUT2D eigenvalue weighted by Crippen LogP contribution is -2.50. The Labute approximate surface area is 203 Å². The maximum Gasteiger partial charge on any atom is 0.243 e. The van der Waals surface area contributed by atoms with Crippen LogP contribution < -0.4 is 16.4 Å². The summed E-state index contributed by atoms with van der Waals surface area (Å²) in [6.45, 7) is 0.908. The molecule has 7 nitrogen and oxygen atoms in total. The average Bonchev–Trinajstić information content (AvgIpc) is 2.84. The van der Waals surface area contributed by atoms with Gasteiger partial charge < -0.3 is 16.4 Å². The van der Waals surface area contributed by atoms with Crippen molar-refractivity contribution in [1.29, 1.82) is 0 Å². The molecule has 0 fully saturated rings. The quantitative estimate of drug-likeness (QED) is 0.391. The zero-order chi connectivity index (χ0) is 25.2. The molecule has 0 saturated carbocycles. The second-order valence-electron chi connectivity index (χ2n) is 8.36. The van der Waals surface area contributed by atoms with Gasteiger partial charge in [-0.05, 0) is 48.4 Å². The summed E-state index contributed by atoms with van der Waals surface area (Å²) >= 11 is 0. The van der Waals surface area contributed by atoms with Crippen molar-refractivity contribution in [2.45, 2.75) is 25.4 Å². The molecule has 0 aliphatic carbocycles. The molecule has 4 N–H and O–H groups in total. The predicted octanol–water partition coefficient (Wildman–Crippen LogP) is 2.46. The molecule has 3 rings (SSSR count). The number of nitrogen functional groups attached to an aromatic ring is 1. The third-order valence-corrected chi connectivity index (χ3v) is 5.43. The Balaban J connectivity index is 1.61. The fourth-order valence-electron chi connectivity index (χ4n) is 3.49. The van der Waals surface area contributed by atoms with Crippen LogP contribution in [0.3, 0.4) is 0 Å². The van der Waals surface area contributed by atoms with Crippen molar-refractivity contribution in [1.82, 2.24) is 20.5 Å². The SMILES string of the molecule is CN(CCc1ccccc1)CC(=O)N[C@@H](Cc1ccc(F)c(F)c1)C(=O)NCc1ccc(N)nc1. The molecule has 0 aliphatic rings. The molecular formula is C26H29F2N5O2. The molecule has 0 spiro atoms. The largest absolute Gasteiger partial charge is 0.384 e. The Hall–Kier alpha value is -3.85. The minimum atomic E-state index is -1.01. The molecule has 0 aliphatic heterocycles. The van der Waals surface area contributed by atoms with E-state index in [4.69, 9.17) is 5.73 Å². The van der Waals surface area contributed by atoms with Crippen molar-refractivity contribution in [3.8, 4) is 0 Å². The molecular weight excluding hydrogens is 452 g/mol. The normalized spacial score (nSPS) is 11.8. The van der Waals surface area contributed by atoms with Gasteiger partial charge in [0.05, 0.1) is 6.54 Å². The van der Waals surface area contributed by atoms with Crippen LogP contribution in [-0.2, 0) is 29.0 Å². The van der Waals surface area contributed by atoms with Gasteiger partial charge in [0.2, 0.25) is 11.8 Å². The second kappa shape index (κ2) is 12.6. The predicted molar refractivity (Wildman–Crippen MR) is 130 cm³/mol. The van der Waals surface area contributed by atoms with Crippen molar-refractivity contribution < 1.29 is 18.4 Å². The van der Waals surface area contributed by atoms with Crippen LogP contribution >= 0.6 is 0 Å². The fourth-order valence-corrected chi connectivity index (χ4v) is 3.49. The Morgan fingerprint density at radius 2 is 1.74 bits per heavy atom. The maximum atomic E-state index is 13.7. The van der Waals surface area contributed by atoms with Crippen LogP contribution in [0.4, 0.5) is 14.6 Å². The molecule has 9 heteroatoms. The number of rotatable bonds is 11. The molecule has 0 radical (unpaired) electrons. The van der Waals surface area contributed by atoms with E-state index in [1.807, 2.05) is 42.3 Å². The van der Waals surface area contributed by atoms with Crippen LogP contribution in [0.5, 0.6) is 0 Å². The molecule has 2 aromatic carbocycles. The van der Waals surface area contributed by atoms with E-state index in [0.717, 1.165) is 29.7 Å². The van der Waals surface area contributed by atoms with Gasteiger partial charge in [-0.3, -0.25) is 14.5 Å². The number of benzene rings is 2. The number of nitrogens with zero attached hydrogens (tertiary/aromatic N) is 2. The van der Waals surface area contributed by atoms with Gasteiger partial charge in [0.1, 0.15) is 11.9 Å². The van der Waals surface area contributed by atoms with Gasteiger partial charge in [-0.25, -0.2) is 13.8 Å². The first kappa shape index (κ1) is 25.8. The summed E-state index contributed by atoms with van der Waals surface area (Å²) in [5.41, 5.74) is 7.85. The number of amides is 2. The second-order valence-corrected chi connectivity index (χ2v) is 8.36. The molecule has 184 valence electrons. The van der Waals surface area contributed by atoms with E-state index in [1.165, 1.54) is 6.07 Å². The highest BCUT2D eigenvalue weighted by Gasteiger charge is 2.22. The summed E-state index contributed by atoms with van der Waals surface area (Å²) in [5.74, 6) is -2.43. The van der Waals surface area contributed by atoms with Gasteiger partial charge in [-0.2, -0.15) is 0 Å². The lowest BCUT2D eigenvalue weighted by atomic mass is 10.0. The summed E-state index contributed by atoms with van der Waals surface area (Å²) in [6.07, 6.45) is 2.32. The van der Waals surface area contributed by atoms with Gasteiger partial charge in [-0.1, -0.05) is 42.5 Å². The third-order valence-electron chi connectivity index (χ3n) is 5.43. The van der Waals surface area contributed by atoms with E-state index >= 15 is 0 Å². The first-order valence-electron chi connectivity index (χ1n) is 11.2. The summed E-state index contributed by atoms with van der Waals surface area (Å²) in [5, 5.41) is 5.48. The van der Waals surface area contributed by atoms with Gasteiger partial charge in [0, 0.05) is 25.7 Å². The zero-order valence-corrected chi connectivity index (χ0v) is 19.5. The fraction of sp³-hybridized carbons (Fsp3) is 0.269. The van der Waals surface area contributed by atoms with Crippen molar-refractivity contribution in [3.05, 3.63) is 95.2 Å². The Bertz CT molecular complexity index is 1130. The Morgan fingerprint density at radius 3 is 2.43 bits per heavy atom.